The molecule has 1 fully saturated rings. The fourth-order valence-electron chi connectivity index (χ4n) is 2.38. The van der Waals surface area contributed by atoms with Gasteiger partial charge in [-0.1, -0.05) is 29.8 Å². The molecule has 2 N–H and O–H groups in total. The minimum absolute atomic E-state index is 0.0380. The second-order valence-electron chi connectivity index (χ2n) is 5.26. The Morgan fingerprint density at radius 3 is 2.33 bits per heavy atom. The molecule has 0 spiro atoms. The van der Waals surface area contributed by atoms with Crippen molar-refractivity contribution in [3.05, 3.63) is 34.9 Å². The lowest BCUT2D eigenvalue weighted by Gasteiger charge is -2.35. The number of carbonyl (C=O) groups excluding carboxylic acids is 2. The Labute approximate surface area is 129 Å². The van der Waals surface area contributed by atoms with Gasteiger partial charge in [0.2, 0.25) is 11.8 Å². The fourth-order valence-corrected chi connectivity index (χ4v) is 2.58. The average Bonchev–Trinajstić information content (AvgIpc) is 2.49. The molecular weight excluding hydrogens is 290 g/mol. The van der Waals surface area contributed by atoms with E-state index in [2.05, 4.69) is 0 Å². The van der Waals surface area contributed by atoms with Crippen molar-refractivity contribution >= 4 is 23.4 Å². The highest BCUT2D eigenvalue weighted by Gasteiger charge is 2.25. The summed E-state index contributed by atoms with van der Waals surface area (Å²) in [7, 11) is 0. The zero-order valence-corrected chi connectivity index (χ0v) is 12.8. The number of nitrogens with two attached hydrogens (primary N) is 1. The highest BCUT2D eigenvalue weighted by molar-refractivity contribution is 6.31. The molecule has 1 atom stereocenters. The Hall–Kier alpha value is -1.59. The molecule has 114 valence electrons. The van der Waals surface area contributed by atoms with Crippen molar-refractivity contribution in [2.75, 3.05) is 26.2 Å². The number of rotatable bonds is 3. The van der Waals surface area contributed by atoms with Gasteiger partial charge in [0.25, 0.3) is 0 Å². The topological polar surface area (TPSA) is 66.6 Å². The van der Waals surface area contributed by atoms with E-state index in [1.165, 1.54) is 0 Å². The molecule has 0 bridgehead atoms. The van der Waals surface area contributed by atoms with Gasteiger partial charge in [-0.25, -0.2) is 0 Å². The van der Waals surface area contributed by atoms with E-state index in [-0.39, 0.29) is 11.8 Å². The SMILES string of the molecule is C[C@@H](N)C(=O)N1CCN(C(=O)Cc2ccccc2Cl)CC1. The number of halogens is 1. The number of carbonyl (C=O) groups is 2. The molecule has 1 heterocycles. The van der Waals surface area contributed by atoms with Crippen LogP contribution in [-0.4, -0.2) is 53.8 Å². The number of amides is 2. The molecule has 1 aromatic carbocycles. The predicted octanol–water partition coefficient (Wildman–Crippen LogP) is 0.901. The van der Waals surface area contributed by atoms with Crippen LogP contribution in [0.25, 0.3) is 0 Å². The van der Waals surface area contributed by atoms with E-state index in [1.807, 2.05) is 18.2 Å². The smallest absolute Gasteiger partial charge is 0.239 e. The van der Waals surface area contributed by atoms with Crippen molar-refractivity contribution in [1.29, 1.82) is 0 Å². The first-order chi connectivity index (χ1) is 9.99. The van der Waals surface area contributed by atoms with E-state index in [9.17, 15) is 9.59 Å². The van der Waals surface area contributed by atoms with Crippen molar-refractivity contribution in [3.8, 4) is 0 Å². The quantitative estimate of drug-likeness (QED) is 0.902. The van der Waals surface area contributed by atoms with Gasteiger partial charge in [0.05, 0.1) is 12.5 Å². The summed E-state index contributed by atoms with van der Waals surface area (Å²) in [6.07, 6.45) is 0.293. The van der Waals surface area contributed by atoms with Gasteiger partial charge in [0.1, 0.15) is 0 Å². The van der Waals surface area contributed by atoms with Gasteiger partial charge in [0, 0.05) is 31.2 Å². The molecule has 1 aliphatic heterocycles. The first-order valence-electron chi connectivity index (χ1n) is 7.04. The highest BCUT2D eigenvalue weighted by atomic mass is 35.5. The zero-order valence-electron chi connectivity index (χ0n) is 12.1. The standard InChI is InChI=1S/C15H20ClN3O2/c1-11(17)15(21)19-8-6-18(7-9-19)14(20)10-12-4-2-3-5-13(12)16/h2-5,11H,6-10,17H2,1H3/t11-/m1/s1. The van der Waals surface area contributed by atoms with Gasteiger partial charge >= 0.3 is 0 Å². The van der Waals surface area contributed by atoms with Crippen molar-refractivity contribution in [2.45, 2.75) is 19.4 Å². The van der Waals surface area contributed by atoms with Crippen LogP contribution >= 0.6 is 11.6 Å². The first-order valence-corrected chi connectivity index (χ1v) is 7.42. The van der Waals surface area contributed by atoms with E-state index in [4.69, 9.17) is 17.3 Å². The molecular formula is C15H20ClN3O2. The molecule has 0 aromatic heterocycles. The maximum atomic E-state index is 12.3. The summed E-state index contributed by atoms with van der Waals surface area (Å²) < 4.78 is 0. The summed E-state index contributed by atoms with van der Waals surface area (Å²) in [6.45, 7) is 3.84. The molecule has 0 saturated carbocycles. The number of benzene rings is 1. The second-order valence-corrected chi connectivity index (χ2v) is 5.67. The summed E-state index contributed by atoms with van der Waals surface area (Å²) >= 11 is 6.07. The largest absolute Gasteiger partial charge is 0.339 e. The fraction of sp³-hybridized carbons (Fsp3) is 0.467. The lowest BCUT2D eigenvalue weighted by molar-refractivity contribution is -0.139. The molecule has 1 aliphatic rings. The van der Waals surface area contributed by atoms with Crippen LogP contribution in [0.5, 0.6) is 0 Å². The molecule has 2 rings (SSSR count). The van der Waals surface area contributed by atoms with Crippen LogP contribution in [0, 0.1) is 0 Å². The van der Waals surface area contributed by atoms with Crippen LogP contribution in [0.1, 0.15) is 12.5 Å². The Balaban J connectivity index is 1.89. The third-order valence-electron chi connectivity index (χ3n) is 3.63. The van der Waals surface area contributed by atoms with Gasteiger partial charge in [0.15, 0.2) is 0 Å². The number of hydrogen-bond donors (Lipinski definition) is 1. The monoisotopic (exact) mass is 309 g/mol. The van der Waals surface area contributed by atoms with Crippen LogP contribution in [0.3, 0.4) is 0 Å². The average molecular weight is 310 g/mol. The lowest BCUT2D eigenvalue weighted by atomic mass is 10.1. The summed E-state index contributed by atoms with van der Waals surface area (Å²) in [5.74, 6) is -0.0239. The van der Waals surface area contributed by atoms with E-state index < -0.39 is 6.04 Å². The zero-order chi connectivity index (χ0) is 15.4. The van der Waals surface area contributed by atoms with Crippen molar-refractivity contribution < 1.29 is 9.59 Å². The highest BCUT2D eigenvalue weighted by Crippen LogP contribution is 2.16. The Bertz CT molecular complexity index is 525. The van der Waals surface area contributed by atoms with Gasteiger partial charge in [-0.15, -0.1) is 0 Å². The minimum atomic E-state index is -0.490. The third-order valence-corrected chi connectivity index (χ3v) is 4.00. The van der Waals surface area contributed by atoms with Gasteiger partial charge in [-0.05, 0) is 18.6 Å². The summed E-state index contributed by atoms with van der Waals surface area (Å²) in [5.41, 5.74) is 6.43. The van der Waals surface area contributed by atoms with Crippen molar-refractivity contribution in [2.24, 2.45) is 5.73 Å². The van der Waals surface area contributed by atoms with E-state index in [1.54, 1.807) is 22.8 Å². The molecule has 1 saturated heterocycles. The minimum Gasteiger partial charge on any atom is -0.339 e. The summed E-state index contributed by atoms with van der Waals surface area (Å²) in [6, 6.07) is 6.86. The Kier molecular flexibility index (Phi) is 5.20. The molecule has 0 unspecified atom stereocenters. The predicted molar refractivity (Wildman–Crippen MR) is 82.0 cm³/mol. The third kappa shape index (κ3) is 3.95. The molecule has 0 aliphatic carbocycles. The Morgan fingerprint density at radius 2 is 1.76 bits per heavy atom. The van der Waals surface area contributed by atoms with Crippen LogP contribution < -0.4 is 5.73 Å². The van der Waals surface area contributed by atoms with Crippen molar-refractivity contribution in [3.63, 3.8) is 0 Å². The summed E-state index contributed by atoms with van der Waals surface area (Å²) in [4.78, 5) is 27.5. The normalized spacial score (nSPS) is 16.7. The molecule has 21 heavy (non-hydrogen) atoms. The van der Waals surface area contributed by atoms with Gasteiger partial charge in [-0.2, -0.15) is 0 Å². The van der Waals surface area contributed by atoms with Gasteiger partial charge < -0.3 is 15.5 Å². The molecule has 5 nitrogen and oxygen atoms in total. The van der Waals surface area contributed by atoms with E-state index >= 15 is 0 Å². The van der Waals surface area contributed by atoms with Gasteiger partial charge in [-0.3, -0.25) is 9.59 Å². The lowest BCUT2D eigenvalue weighted by Crippen LogP contribution is -2.54. The van der Waals surface area contributed by atoms with Crippen LogP contribution in [0.15, 0.2) is 24.3 Å². The number of hydrogen-bond acceptors (Lipinski definition) is 3. The Morgan fingerprint density at radius 1 is 1.19 bits per heavy atom. The maximum Gasteiger partial charge on any atom is 0.239 e. The molecule has 1 aromatic rings. The van der Waals surface area contributed by atoms with E-state index in [0.717, 1.165) is 5.56 Å². The van der Waals surface area contributed by atoms with E-state index in [0.29, 0.717) is 37.6 Å². The molecule has 0 radical (unpaired) electrons. The number of nitrogens with zero attached hydrogens (tertiary/aromatic N) is 2. The summed E-state index contributed by atoms with van der Waals surface area (Å²) in [5, 5.41) is 0.608. The van der Waals surface area contributed by atoms with Crippen molar-refractivity contribution in [1.82, 2.24) is 9.80 Å². The van der Waals surface area contributed by atoms with Crippen LogP contribution in [0.2, 0.25) is 5.02 Å². The van der Waals surface area contributed by atoms with Crippen LogP contribution in [-0.2, 0) is 16.0 Å². The number of piperazine rings is 1. The molecule has 2 amide bonds. The maximum absolute atomic E-state index is 12.3. The van der Waals surface area contributed by atoms with Crippen LogP contribution in [0.4, 0.5) is 0 Å². The second kappa shape index (κ2) is 6.91. The first kappa shape index (κ1) is 15.8. The molecule has 6 heteroatoms.